The average molecular weight is 697 g/mol. The highest BCUT2D eigenvalue weighted by molar-refractivity contribution is 7.94. The minimum absolute atomic E-state index is 0.0381. The lowest BCUT2D eigenvalue weighted by Crippen LogP contribution is -2.49. The molecule has 0 radical (unpaired) electrons. The molecule has 1 amide bonds. The number of rotatable bonds is 5. The second-order valence-electron chi connectivity index (χ2n) is 15.0. The predicted octanol–water partition coefficient (Wildman–Crippen LogP) is 7.38. The Bertz CT molecular complexity index is 1740. The van der Waals surface area contributed by atoms with E-state index in [1.54, 1.807) is 13.2 Å². The number of alkyl halides is 1. The minimum atomic E-state index is -3.24. The van der Waals surface area contributed by atoms with Crippen LogP contribution in [0.5, 0.6) is 5.75 Å². The van der Waals surface area contributed by atoms with Crippen molar-refractivity contribution >= 4 is 38.7 Å². The minimum Gasteiger partial charge on any atom is -0.490 e. The Morgan fingerprint density at radius 3 is 2.81 bits per heavy atom. The summed E-state index contributed by atoms with van der Waals surface area (Å²) in [4.78, 5) is 29.2. The van der Waals surface area contributed by atoms with Gasteiger partial charge in [-0.2, -0.15) is 4.36 Å². The molecule has 2 aromatic carbocycles. The fourth-order valence-corrected chi connectivity index (χ4v) is 11.0. The fourth-order valence-electron chi connectivity index (χ4n) is 8.49. The van der Waals surface area contributed by atoms with Gasteiger partial charge in [-0.15, -0.1) is 0 Å². The van der Waals surface area contributed by atoms with Gasteiger partial charge in [0, 0.05) is 48.4 Å². The summed E-state index contributed by atoms with van der Waals surface area (Å²) in [7, 11) is -1.48. The van der Waals surface area contributed by atoms with Gasteiger partial charge in [-0.3, -0.25) is 9.59 Å². The maximum Gasteiger partial charge on any atom is 0.285 e. The molecule has 10 heteroatoms. The van der Waals surface area contributed by atoms with Gasteiger partial charge in [0.2, 0.25) is 0 Å². The maximum atomic E-state index is 14.4. The molecule has 2 aromatic rings. The van der Waals surface area contributed by atoms with Crippen molar-refractivity contribution in [3.05, 3.63) is 70.3 Å². The van der Waals surface area contributed by atoms with Crippen molar-refractivity contribution in [1.29, 1.82) is 0 Å². The maximum absolute atomic E-state index is 14.4. The Balaban J connectivity index is 1.28. The standard InChI is InChI=1S/C38H46ClFN2O5S/c1-24-5-3-7-35(46-2)31-11-8-27(31)19-42-22-38(14-4-6-25-15-29(39)10-12-32(25)38)23-47-36-13-9-26(18-34(36)42)37(44)41-48(45,20-24)21-30(43)16-28-17-33(28)40/h3,7,9-10,12-13,15,18,24,27-28,31,33,35H,4-6,8,11,14,16-17,19-23H2,1-2H3/b7-3+/t24-,27-,28?,31+,33+,35-,38-,48+/m0/s1. The lowest BCUT2D eigenvalue weighted by Gasteiger charge is -2.46. The fraction of sp³-hybridized carbons (Fsp3) is 0.579. The number of carbonyl (C=O) groups is 2. The van der Waals surface area contributed by atoms with E-state index >= 15 is 0 Å². The van der Waals surface area contributed by atoms with E-state index in [2.05, 4.69) is 33.5 Å². The number of aryl methyl sites for hydroxylation is 1. The summed E-state index contributed by atoms with van der Waals surface area (Å²) in [6, 6.07) is 11.6. The Kier molecular flexibility index (Phi) is 9.50. The van der Waals surface area contributed by atoms with E-state index in [0.717, 1.165) is 55.9 Å². The van der Waals surface area contributed by atoms with Crippen LogP contribution in [-0.2, 0) is 31.1 Å². The Morgan fingerprint density at radius 1 is 1.23 bits per heavy atom. The van der Waals surface area contributed by atoms with Gasteiger partial charge in [0.25, 0.3) is 5.91 Å². The number of benzene rings is 2. The van der Waals surface area contributed by atoms with Crippen molar-refractivity contribution in [2.75, 3.05) is 43.2 Å². The molecule has 2 fully saturated rings. The van der Waals surface area contributed by atoms with Gasteiger partial charge >= 0.3 is 0 Å². The number of fused-ring (bicyclic) bond motifs is 4. The van der Waals surface area contributed by atoms with Crippen LogP contribution in [0.25, 0.3) is 0 Å². The number of anilines is 1. The molecule has 7 rings (SSSR count). The number of ether oxygens (including phenoxy) is 2. The normalized spacial score (nSPS) is 35.2. The third kappa shape index (κ3) is 6.97. The lowest BCUT2D eigenvalue weighted by atomic mass is 9.68. The zero-order chi connectivity index (χ0) is 33.6. The molecular formula is C38H46ClFN2O5S. The first-order valence-electron chi connectivity index (χ1n) is 17.5. The molecular weight excluding hydrogens is 651 g/mol. The van der Waals surface area contributed by atoms with Crippen molar-refractivity contribution in [3.63, 3.8) is 0 Å². The van der Waals surface area contributed by atoms with Crippen LogP contribution in [0.2, 0.25) is 5.02 Å². The third-order valence-corrected chi connectivity index (χ3v) is 13.9. The molecule has 0 N–H and O–H groups in total. The summed E-state index contributed by atoms with van der Waals surface area (Å²) in [6.07, 6.45) is 9.36. The lowest BCUT2D eigenvalue weighted by molar-refractivity contribution is -0.117. The monoisotopic (exact) mass is 696 g/mol. The number of ketones is 1. The van der Waals surface area contributed by atoms with Crippen molar-refractivity contribution in [2.45, 2.75) is 76.0 Å². The van der Waals surface area contributed by atoms with E-state index in [1.165, 1.54) is 11.1 Å². The zero-order valence-electron chi connectivity index (χ0n) is 27.9. The second kappa shape index (κ2) is 13.5. The van der Waals surface area contributed by atoms with Crippen LogP contribution >= 0.6 is 11.6 Å². The van der Waals surface area contributed by atoms with Gasteiger partial charge < -0.3 is 14.4 Å². The smallest absolute Gasteiger partial charge is 0.285 e. The van der Waals surface area contributed by atoms with Crippen LogP contribution in [0.15, 0.2) is 52.9 Å². The molecule has 2 bridgehead atoms. The average Bonchev–Trinajstić information content (AvgIpc) is 3.75. The van der Waals surface area contributed by atoms with Crippen LogP contribution < -0.4 is 9.64 Å². The number of Topliss-reactive ketones (excluding diaryl/α,β-unsaturated/α-hetero) is 1. The van der Waals surface area contributed by atoms with E-state index in [-0.39, 0.29) is 47.1 Å². The highest BCUT2D eigenvalue weighted by Gasteiger charge is 2.44. The van der Waals surface area contributed by atoms with Crippen molar-refractivity contribution in [3.8, 4) is 5.75 Å². The largest absolute Gasteiger partial charge is 0.490 e. The summed E-state index contributed by atoms with van der Waals surface area (Å²) in [5.74, 6) is -0.0790. The SMILES string of the molecule is CO[C@H]1/C=C/C[C@H](C)C[S@@](=O)(CC(=O)CC2C[C@H]2F)=NC(=O)c2ccc3c(c2)N(C[C@@H]2CC[C@H]21)C[C@@]1(CCCc2cc(Cl)ccc21)CO3. The molecule has 1 spiro atoms. The first kappa shape index (κ1) is 33.7. The highest BCUT2D eigenvalue weighted by Crippen LogP contribution is 2.47. The molecule has 1 unspecified atom stereocenters. The van der Waals surface area contributed by atoms with Crippen LogP contribution in [0.4, 0.5) is 10.1 Å². The van der Waals surface area contributed by atoms with Gasteiger partial charge in [-0.05, 0) is 110 Å². The van der Waals surface area contributed by atoms with Crippen LogP contribution in [-0.4, -0.2) is 66.5 Å². The summed E-state index contributed by atoms with van der Waals surface area (Å²) in [5, 5.41) is 0.739. The summed E-state index contributed by atoms with van der Waals surface area (Å²) >= 11 is 6.44. The number of hydrogen-bond donors (Lipinski definition) is 0. The number of allylic oxidation sites excluding steroid dienone is 1. The van der Waals surface area contributed by atoms with E-state index in [0.29, 0.717) is 42.6 Å². The molecule has 8 atom stereocenters. The molecule has 2 saturated carbocycles. The Morgan fingerprint density at radius 2 is 2.06 bits per heavy atom. The number of hydrogen-bond acceptors (Lipinski definition) is 6. The van der Waals surface area contributed by atoms with E-state index < -0.39 is 21.8 Å². The summed E-state index contributed by atoms with van der Waals surface area (Å²) in [6.45, 7) is 3.98. The number of nitrogens with zero attached hydrogens (tertiary/aromatic N) is 2. The Labute approximate surface area is 288 Å². The first-order chi connectivity index (χ1) is 23.0. The van der Waals surface area contributed by atoms with E-state index in [1.807, 2.05) is 25.1 Å². The molecule has 2 aliphatic heterocycles. The molecule has 5 aliphatic rings. The zero-order valence-corrected chi connectivity index (χ0v) is 29.4. The van der Waals surface area contributed by atoms with Gasteiger partial charge in [-0.25, -0.2) is 8.60 Å². The predicted molar refractivity (Wildman–Crippen MR) is 187 cm³/mol. The van der Waals surface area contributed by atoms with Crippen LogP contribution in [0, 0.1) is 23.7 Å². The summed E-state index contributed by atoms with van der Waals surface area (Å²) in [5.41, 5.74) is 3.43. The molecule has 0 saturated heterocycles. The number of amides is 1. The van der Waals surface area contributed by atoms with Gasteiger partial charge in [0.15, 0.2) is 0 Å². The number of halogens is 2. The van der Waals surface area contributed by atoms with Gasteiger partial charge in [0.1, 0.15) is 17.7 Å². The molecule has 7 nitrogen and oxygen atoms in total. The van der Waals surface area contributed by atoms with E-state index in [4.69, 9.17) is 21.1 Å². The quantitative estimate of drug-likeness (QED) is 0.304. The van der Waals surface area contributed by atoms with Crippen LogP contribution in [0.1, 0.15) is 73.4 Å². The molecule has 48 heavy (non-hydrogen) atoms. The first-order valence-corrected chi connectivity index (χ1v) is 19.7. The topological polar surface area (TPSA) is 85.3 Å². The summed E-state index contributed by atoms with van der Waals surface area (Å²) < 4.78 is 44.9. The number of carbonyl (C=O) groups excluding carboxylic acids is 2. The Hall–Kier alpha value is -2.75. The number of methoxy groups -OCH3 is 1. The highest BCUT2D eigenvalue weighted by atomic mass is 35.5. The second-order valence-corrected chi connectivity index (χ2v) is 17.8. The van der Waals surface area contributed by atoms with Gasteiger partial charge in [-0.1, -0.05) is 36.7 Å². The van der Waals surface area contributed by atoms with E-state index in [9.17, 15) is 18.2 Å². The third-order valence-electron chi connectivity index (χ3n) is 11.3. The molecule has 0 aromatic heterocycles. The van der Waals surface area contributed by atoms with Crippen molar-refractivity contribution in [2.24, 2.45) is 28.0 Å². The molecule has 3 aliphatic carbocycles. The van der Waals surface area contributed by atoms with Crippen molar-refractivity contribution < 1.29 is 27.7 Å². The van der Waals surface area contributed by atoms with Gasteiger partial charge in [0.05, 0.1) is 33.9 Å². The van der Waals surface area contributed by atoms with Crippen molar-refractivity contribution in [1.82, 2.24) is 0 Å². The molecule has 258 valence electrons. The molecule has 2 heterocycles. The van der Waals surface area contributed by atoms with Crippen LogP contribution in [0.3, 0.4) is 0 Å².